The van der Waals surface area contributed by atoms with Gasteiger partial charge in [0.05, 0.1) is 0 Å². The van der Waals surface area contributed by atoms with Crippen molar-refractivity contribution in [3.63, 3.8) is 0 Å². The summed E-state index contributed by atoms with van der Waals surface area (Å²) in [7, 11) is 3.75. The molecule has 10 heavy (non-hydrogen) atoms. The smallest absolute Gasteiger partial charge is 1.00 e. The SMILES string of the molecule is CC(C)N.CNC.[Cl-].[Cl-].[Pt+2]. The summed E-state index contributed by atoms with van der Waals surface area (Å²) in [6, 6.07) is 0.333. The van der Waals surface area contributed by atoms with Gasteiger partial charge in [0, 0.05) is 0 Å². The molecule has 70 valence electrons. The second kappa shape index (κ2) is 32.0. The minimum atomic E-state index is 0. The topological polar surface area (TPSA) is 38.0 Å². The van der Waals surface area contributed by atoms with Crippen LogP contribution in [0.1, 0.15) is 13.8 Å². The quantitative estimate of drug-likeness (QED) is 0.446. The summed E-state index contributed by atoms with van der Waals surface area (Å²) in [5.41, 5.74) is 5.11. The Kier molecular flexibility index (Phi) is 96.9. The van der Waals surface area contributed by atoms with E-state index in [-0.39, 0.29) is 45.9 Å². The van der Waals surface area contributed by atoms with E-state index in [4.69, 9.17) is 5.73 Å². The Morgan fingerprint density at radius 3 is 1.10 bits per heavy atom. The molecule has 0 amide bonds. The van der Waals surface area contributed by atoms with Crippen LogP contribution in [-0.4, -0.2) is 20.1 Å². The first-order valence-electron chi connectivity index (χ1n) is 2.49. The predicted octanol–water partition coefficient (Wildman–Crippen LogP) is -5.81. The zero-order valence-corrected chi connectivity index (χ0v) is 10.5. The molecule has 0 rings (SSSR count). The summed E-state index contributed by atoms with van der Waals surface area (Å²) < 4.78 is 0. The molecule has 0 aliphatic heterocycles. The van der Waals surface area contributed by atoms with Crippen LogP contribution in [0.4, 0.5) is 0 Å². The van der Waals surface area contributed by atoms with Gasteiger partial charge in [0.25, 0.3) is 0 Å². The van der Waals surface area contributed by atoms with Gasteiger partial charge in [-0.05, 0) is 20.1 Å². The first-order chi connectivity index (χ1) is 3.15. The van der Waals surface area contributed by atoms with Crippen LogP contribution in [0, 0.1) is 0 Å². The zero-order chi connectivity index (χ0) is 6.28. The maximum atomic E-state index is 5.11. The Labute approximate surface area is 90.8 Å². The van der Waals surface area contributed by atoms with Crippen LogP contribution < -0.4 is 35.9 Å². The minimum absolute atomic E-state index is 0. The predicted molar refractivity (Wildman–Crippen MR) is 34.3 cm³/mol. The van der Waals surface area contributed by atoms with Crippen molar-refractivity contribution >= 4 is 0 Å². The van der Waals surface area contributed by atoms with Gasteiger partial charge in [-0.2, -0.15) is 0 Å². The van der Waals surface area contributed by atoms with Crippen LogP contribution in [-0.2, 0) is 21.1 Å². The number of nitrogens with two attached hydrogens (primary N) is 1. The van der Waals surface area contributed by atoms with Gasteiger partial charge in [0.1, 0.15) is 0 Å². The van der Waals surface area contributed by atoms with Crippen LogP contribution >= 0.6 is 0 Å². The van der Waals surface area contributed by atoms with Crippen molar-refractivity contribution in [2.75, 3.05) is 14.1 Å². The summed E-state index contributed by atoms with van der Waals surface area (Å²) in [5.74, 6) is 0. The van der Waals surface area contributed by atoms with Crippen molar-refractivity contribution in [2.45, 2.75) is 19.9 Å². The van der Waals surface area contributed by atoms with Crippen LogP contribution in [0.3, 0.4) is 0 Å². The first kappa shape index (κ1) is 30.3. The van der Waals surface area contributed by atoms with E-state index in [0.29, 0.717) is 6.04 Å². The van der Waals surface area contributed by atoms with Crippen molar-refractivity contribution in [1.29, 1.82) is 0 Å². The van der Waals surface area contributed by atoms with Crippen LogP contribution in [0.5, 0.6) is 0 Å². The third kappa shape index (κ3) is 436. The summed E-state index contributed by atoms with van der Waals surface area (Å²) >= 11 is 0. The molecule has 0 aromatic carbocycles. The number of nitrogens with one attached hydrogen (secondary N) is 1. The van der Waals surface area contributed by atoms with E-state index in [9.17, 15) is 0 Å². The van der Waals surface area contributed by atoms with Crippen molar-refractivity contribution in [3.05, 3.63) is 0 Å². The molecule has 0 radical (unpaired) electrons. The fourth-order valence-electron chi connectivity index (χ4n) is 0. The van der Waals surface area contributed by atoms with Gasteiger partial charge in [-0.25, -0.2) is 0 Å². The summed E-state index contributed by atoms with van der Waals surface area (Å²) in [5, 5.41) is 2.75. The molecule has 0 aliphatic carbocycles. The average Bonchev–Trinajstić information content (AvgIpc) is 1.33. The van der Waals surface area contributed by atoms with E-state index in [2.05, 4.69) is 5.32 Å². The molecular weight excluding hydrogens is 354 g/mol. The van der Waals surface area contributed by atoms with E-state index < -0.39 is 0 Å². The first-order valence-corrected chi connectivity index (χ1v) is 2.49. The molecule has 0 aromatic rings. The van der Waals surface area contributed by atoms with Gasteiger partial charge in [0.15, 0.2) is 0 Å². The van der Waals surface area contributed by atoms with E-state index >= 15 is 0 Å². The number of hydrogen-bond donors (Lipinski definition) is 2. The van der Waals surface area contributed by atoms with Gasteiger partial charge < -0.3 is 35.9 Å². The fraction of sp³-hybridized carbons (Fsp3) is 1.00. The summed E-state index contributed by atoms with van der Waals surface area (Å²) in [4.78, 5) is 0. The Balaban J connectivity index is -0.0000000131. The van der Waals surface area contributed by atoms with Crippen molar-refractivity contribution < 1.29 is 45.9 Å². The fourth-order valence-corrected chi connectivity index (χ4v) is 0. The molecule has 0 aromatic heterocycles. The maximum Gasteiger partial charge on any atom is 2.00 e. The van der Waals surface area contributed by atoms with Gasteiger partial charge >= 0.3 is 21.1 Å². The monoisotopic (exact) mass is 369 g/mol. The Hall–Kier alpha value is 1.19. The third-order valence-corrected chi connectivity index (χ3v) is 0. The standard InChI is InChI=1S/C3H9N.C2H7N.2ClH.Pt/c1-3(2)4;1-3-2;;;/h3H,4H2,1-2H3;3H,1-2H3;2*1H;/q;;;;+2/p-2. The van der Waals surface area contributed by atoms with Gasteiger partial charge in [-0.3, -0.25) is 0 Å². The Morgan fingerprint density at radius 2 is 1.10 bits per heavy atom. The number of hydrogen-bond acceptors (Lipinski definition) is 2. The molecule has 0 bridgehead atoms. The van der Waals surface area contributed by atoms with E-state index in [1.54, 1.807) is 0 Å². The zero-order valence-electron chi connectivity index (χ0n) is 6.73. The molecule has 0 saturated carbocycles. The largest absolute Gasteiger partial charge is 2.00 e. The molecule has 0 saturated heterocycles. The van der Waals surface area contributed by atoms with Crippen molar-refractivity contribution in [2.24, 2.45) is 5.73 Å². The molecular formula is C5H16Cl2N2Pt. The molecule has 0 aliphatic rings. The van der Waals surface area contributed by atoms with E-state index in [0.717, 1.165) is 0 Å². The van der Waals surface area contributed by atoms with E-state index in [1.165, 1.54) is 0 Å². The molecule has 5 heteroatoms. The van der Waals surface area contributed by atoms with Gasteiger partial charge in [-0.1, -0.05) is 13.8 Å². The Morgan fingerprint density at radius 1 is 1.10 bits per heavy atom. The summed E-state index contributed by atoms with van der Waals surface area (Å²) in [6.07, 6.45) is 0. The molecule has 0 atom stereocenters. The van der Waals surface area contributed by atoms with Gasteiger partial charge in [-0.15, -0.1) is 0 Å². The van der Waals surface area contributed by atoms with Crippen LogP contribution in [0.15, 0.2) is 0 Å². The van der Waals surface area contributed by atoms with E-state index in [1.807, 2.05) is 27.9 Å². The maximum absolute atomic E-state index is 5.11. The number of halogens is 2. The van der Waals surface area contributed by atoms with Crippen molar-refractivity contribution in [3.8, 4) is 0 Å². The minimum Gasteiger partial charge on any atom is -1.00 e. The average molecular weight is 370 g/mol. The molecule has 0 heterocycles. The van der Waals surface area contributed by atoms with Gasteiger partial charge in [0.2, 0.25) is 0 Å². The molecule has 0 spiro atoms. The second-order valence-corrected chi connectivity index (χ2v) is 1.74. The Bertz CT molecular complexity index is 28.9. The van der Waals surface area contributed by atoms with Crippen molar-refractivity contribution in [1.82, 2.24) is 5.32 Å². The molecule has 0 fully saturated rings. The van der Waals surface area contributed by atoms with Crippen LogP contribution in [0.2, 0.25) is 0 Å². The molecule has 2 nitrogen and oxygen atoms in total. The van der Waals surface area contributed by atoms with Crippen LogP contribution in [0.25, 0.3) is 0 Å². The molecule has 0 unspecified atom stereocenters. The summed E-state index contributed by atoms with van der Waals surface area (Å²) in [6.45, 7) is 3.89. The normalized spacial score (nSPS) is 5.40. The second-order valence-electron chi connectivity index (χ2n) is 1.74. The third-order valence-electron chi connectivity index (χ3n) is 0. The number of rotatable bonds is 0. The molecule has 3 N–H and O–H groups in total.